The third kappa shape index (κ3) is 5.35. The van der Waals surface area contributed by atoms with Gasteiger partial charge in [0.05, 0.1) is 10.5 Å². The number of aromatic nitrogens is 1. The fourth-order valence-corrected chi connectivity index (χ4v) is 4.08. The highest BCUT2D eigenvalue weighted by molar-refractivity contribution is 7.92. The van der Waals surface area contributed by atoms with E-state index in [1.165, 1.54) is 50.5 Å². The van der Waals surface area contributed by atoms with Gasteiger partial charge in [0.25, 0.3) is 15.9 Å². The fraction of sp³-hybridized carbons (Fsp3) is 0.143. The third-order valence-electron chi connectivity index (χ3n) is 4.33. The Hall–Kier alpha value is -3.60. The van der Waals surface area contributed by atoms with Gasteiger partial charge in [0, 0.05) is 25.0 Å². The summed E-state index contributed by atoms with van der Waals surface area (Å²) in [5.41, 5.74) is -0.596. The van der Waals surface area contributed by atoms with Gasteiger partial charge in [-0.3, -0.25) is 14.5 Å². The van der Waals surface area contributed by atoms with Crippen molar-refractivity contribution in [3.8, 4) is 11.5 Å². The normalized spacial score (nSPS) is 11.7. The van der Waals surface area contributed by atoms with Crippen molar-refractivity contribution in [1.29, 1.82) is 0 Å². The summed E-state index contributed by atoms with van der Waals surface area (Å²) in [6.07, 6.45) is -3.15. The molecule has 0 saturated heterocycles. The van der Waals surface area contributed by atoms with Crippen LogP contribution >= 0.6 is 0 Å². The lowest BCUT2D eigenvalue weighted by molar-refractivity contribution is -0.137. The number of nitrogens with zero attached hydrogens (tertiary/aromatic N) is 1. The van der Waals surface area contributed by atoms with E-state index in [4.69, 9.17) is 4.74 Å². The lowest BCUT2D eigenvalue weighted by Crippen LogP contribution is -2.18. The first-order valence-corrected chi connectivity index (χ1v) is 10.6. The minimum absolute atomic E-state index is 0.0307. The van der Waals surface area contributed by atoms with E-state index in [0.717, 1.165) is 18.2 Å². The Bertz CT molecular complexity index is 1240. The van der Waals surface area contributed by atoms with Crippen molar-refractivity contribution in [2.75, 3.05) is 11.8 Å². The van der Waals surface area contributed by atoms with Gasteiger partial charge >= 0.3 is 6.18 Å². The molecule has 0 spiro atoms. The van der Waals surface area contributed by atoms with Gasteiger partial charge in [-0.25, -0.2) is 8.42 Å². The summed E-state index contributed by atoms with van der Waals surface area (Å²) in [5, 5.41) is 2.45. The van der Waals surface area contributed by atoms with E-state index in [2.05, 4.69) is 15.0 Å². The van der Waals surface area contributed by atoms with Crippen molar-refractivity contribution in [3.05, 3.63) is 77.6 Å². The Morgan fingerprint density at radius 3 is 2.28 bits per heavy atom. The largest absolute Gasteiger partial charge is 0.457 e. The van der Waals surface area contributed by atoms with Gasteiger partial charge in [0.1, 0.15) is 17.2 Å². The first-order chi connectivity index (χ1) is 15.0. The van der Waals surface area contributed by atoms with Crippen LogP contribution in [-0.2, 0) is 16.2 Å². The number of sulfonamides is 1. The van der Waals surface area contributed by atoms with Gasteiger partial charge in [-0.1, -0.05) is 0 Å². The van der Waals surface area contributed by atoms with Crippen LogP contribution in [0.5, 0.6) is 11.5 Å². The quantitative estimate of drug-likeness (QED) is 0.564. The van der Waals surface area contributed by atoms with Crippen molar-refractivity contribution in [2.45, 2.75) is 18.0 Å². The lowest BCUT2D eigenvalue weighted by Gasteiger charge is -2.13. The fourth-order valence-electron chi connectivity index (χ4n) is 2.79. The highest BCUT2D eigenvalue weighted by Gasteiger charge is 2.31. The average Bonchev–Trinajstić information content (AvgIpc) is 2.73. The maximum absolute atomic E-state index is 12.8. The molecule has 0 unspecified atom stereocenters. The molecule has 0 saturated carbocycles. The van der Waals surface area contributed by atoms with Crippen molar-refractivity contribution in [1.82, 2.24) is 10.3 Å². The molecule has 0 radical (unpaired) electrons. The number of amides is 1. The highest BCUT2D eigenvalue weighted by Crippen LogP contribution is 2.32. The molecule has 32 heavy (non-hydrogen) atoms. The monoisotopic (exact) mass is 465 g/mol. The Kier molecular flexibility index (Phi) is 6.40. The summed E-state index contributed by atoms with van der Waals surface area (Å²) in [6.45, 7) is 1.29. The average molecular weight is 465 g/mol. The number of hydrogen-bond donors (Lipinski definition) is 2. The standard InChI is InChI=1S/C21H18F3N3O4S/c1-13-11-14(21(22,23)24)3-8-19(13)32(29,30)27-15-4-6-16(7-5-15)31-17-9-10-26-18(12-17)20(28)25-2/h3-12,27H,1-2H3,(H,25,28). The number of alkyl halides is 3. The topological polar surface area (TPSA) is 97.4 Å². The molecule has 11 heteroatoms. The number of ether oxygens (including phenoxy) is 1. The van der Waals surface area contributed by atoms with Crippen LogP contribution in [0.25, 0.3) is 0 Å². The number of carbonyl (C=O) groups excluding carboxylic acids is 1. The second-order valence-electron chi connectivity index (χ2n) is 6.67. The Morgan fingerprint density at radius 1 is 1.00 bits per heavy atom. The number of halogens is 3. The molecular weight excluding hydrogens is 447 g/mol. The van der Waals surface area contributed by atoms with Crippen molar-refractivity contribution >= 4 is 21.6 Å². The number of hydrogen-bond acceptors (Lipinski definition) is 5. The van der Waals surface area contributed by atoms with Crippen molar-refractivity contribution in [2.24, 2.45) is 0 Å². The van der Waals surface area contributed by atoms with E-state index in [1.807, 2.05) is 0 Å². The smallest absolute Gasteiger partial charge is 0.416 e. The number of carbonyl (C=O) groups is 1. The minimum Gasteiger partial charge on any atom is -0.457 e. The Morgan fingerprint density at radius 2 is 1.69 bits per heavy atom. The Balaban J connectivity index is 1.75. The van der Waals surface area contributed by atoms with Gasteiger partial charge in [-0.05, 0) is 61.0 Å². The summed E-state index contributed by atoms with van der Waals surface area (Å²) in [6, 6.07) is 11.3. The van der Waals surface area contributed by atoms with Crippen molar-refractivity contribution in [3.63, 3.8) is 0 Å². The van der Waals surface area contributed by atoms with Crippen molar-refractivity contribution < 1.29 is 31.1 Å². The van der Waals surface area contributed by atoms with Crippen LogP contribution in [0.3, 0.4) is 0 Å². The Labute approximate surface area is 182 Å². The molecular formula is C21H18F3N3O4S. The van der Waals surface area contributed by atoms with Crippen LogP contribution in [0.15, 0.2) is 65.7 Å². The molecule has 1 amide bonds. The number of pyridine rings is 1. The first kappa shape index (κ1) is 23.1. The number of anilines is 1. The van der Waals surface area contributed by atoms with Crippen LogP contribution in [0.4, 0.5) is 18.9 Å². The molecule has 0 atom stereocenters. The summed E-state index contributed by atoms with van der Waals surface area (Å²) in [4.78, 5) is 15.3. The first-order valence-electron chi connectivity index (χ1n) is 9.16. The molecule has 1 heterocycles. The molecule has 0 bridgehead atoms. The molecule has 1 aromatic heterocycles. The van der Waals surface area contributed by atoms with Crippen LogP contribution in [0.1, 0.15) is 21.6 Å². The number of aryl methyl sites for hydroxylation is 1. The van der Waals surface area contributed by atoms with Gasteiger partial charge in [-0.2, -0.15) is 13.2 Å². The van der Waals surface area contributed by atoms with Gasteiger partial charge in [-0.15, -0.1) is 0 Å². The lowest BCUT2D eigenvalue weighted by atomic mass is 10.1. The summed E-state index contributed by atoms with van der Waals surface area (Å²) in [7, 11) is -2.63. The zero-order valence-corrected chi connectivity index (χ0v) is 17.7. The van der Waals surface area contributed by atoms with Crippen LogP contribution in [0, 0.1) is 6.92 Å². The molecule has 7 nitrogen and oxygen atoms in total. The van der Waals surface area contributed by atoms with Gasteiger partial charge < -0.3 is 10.1 Å². The SMILES string of the molecule is CNC(=O)c1cc(Oc2ccc(NS(=O)(=O)c3ccc(C(F)(F)F)cc3C)cc2)ccn1. The zero-order valence-electron chi connectivity index (χ0n) is 16.9. The second-order valence-corrected chi connectivity index (χ2v) is 8.32. The van der Waals surface area contributed by atoms with E-state index in [-0.39, 0.29) is 27.7 Å². The predicted octanol–water partition coefficient (Wildman–Crippen LogP) is 4.36. The third-order valence-corrected chi connectivity index (χ3v) is 5.87. The second kappa shape index (κ2) is 8.87. The molecule has 0 aliphatic carbocycles. The van der Waals surface area contributed by atoms with E-state index < -0.39 is 21.8 Å². The van der Waals surface area contributed by atoms with E-state index in [0.29, 0.717) is 11.5 Å². The van der Waals surface area contributed by atoms with E-state index in [9.17, 15) is 26.4 Å². The van der Waals surface area contributed by atoms with Gasteiger partial charge in [0.15, 0.2) is 0 Å². The molecule has 3 rings (SSSR count). The molecule has 0 aliphatic heterocycles. The number of rotatable bonds is 6. The number of benzene rings is 2. The zero-order chi connectivity index (χ0) is 23.5. The maximum Gasteiger partial charge on any atom is 0.416 e. The van der Waals surface area contributed by atoms with Crippen LogP contribution in [-0.4, -0.2) is 26.4 Å². The molecule has 3 aromatic rings. The molecule has 0 fully saturated rings. The van der Waals surface area contributed by atoms with E-state index >= 15 is 0 Å². The molecule has 168 valence electrons. The van der Waals surface area contributed by atoms with Gasteiger partial charge in [0.2, 0.25) is 0 Å². The highest BCUT2D eigenvalue weighted by atomic mass is 32.2. The van der Waals surface area contributed by atoms with E-state index in [1.54, 1.807) is 6.07 Å². The molecule has 0 aliphatic rings. The summed E-state index contributed by atoms with van der Waals surface area (Å²) >= 11 is 0. The van der Waals surface area contributed by atoms with Crippen LogP contribution < -0.4 is 14.8 Å². The maximum atomic E-state index is 12.8. The molecule has 2 N–H and O–H groups in total. The minimum atomic E-state index is -4.56. The predicted molar refractivity (Wildman–Crippen MR) is 111 cm³/mol. The number of nitrogens with one attached hydrogen (secondary N) is 2. The van der Waals surface area contributed by atoms with Crippen LogP contribution in [0.2, 0.25) is 0 Å². The molecule has 2 aromatic carbocycles. The summed E-state index contributed by atoms with van der Waals surface area (Å²) < 4.78 is 71.7. The summed E-state index contributed by atoms with van der Waals surface area (Å²) in [5.74, 6) is 0.346.